The highest BCUT2D eigenvalue weighted by molar-refractivity contribution is 5.88. The maximum atomic E-state index is 10.7. The van der Waals surface area contributed by atoms with Crippen molar-refractivity contribution < 1.29 is 30.0 Å². The average Bonchev–Trinajstić information content (AvgIpc) is 2.32. The summed E-state index contributed by atoms with van der Waals surface area (Å²) in [6.45, 7) is -0.637. The first-order valence-electron chi connectivity index (χ1n) is 3.42. The predicted octanol–water partition coefficient (Wildman–Crippen LogP) is -3.01. The molecule has 1 heterocycles. The molecule has 0 amide bonds. The highest BCUT2D eigenvalue weighted by atomic mass is 16.6. The highest BCUT2D eigenvalue weighted by Crippen LogP contribution is 2.18. The van der Waals surface area contributed by atoms with Gasteiger partial charge in [-0.2, -0.15) is 0 Å². The van der Waals surface area contributed by atoms with E-state index >= 15 is 0 Å². The van der Waals surface area contributed by atoms with Gasteiger partial charge in [0.05, 0.1) is 6.61 Å². The minimum atomic E-state index is -1.70. The van der Waals surface area contributed by atoms with Gasteiger partial charge >= 0.3 is 0 Å². The van der Waals surface area contributed by atoms with E-state index in [2.05, 4.69) is 4.74 Å². The lowest BCUT2D eigenvalue weighted by Gasteiger charge is -2.16. The molecule has 0 radical (unpaired) electrons. The minimum absolute atomic E-state index is 0.637. The van der Waals surface area contributed by atoms with E-state index in [0.717, 1.165) is 0 Å². The predicted molar refractivity (Wildman–Crippen MR) is 35.0 cm³/mol. The number of ketones is 1. The van der Waals surface area contributed by atoms with Crippen LogP contribution in [0.15, 0.2) is 0 Å². The Labute approximate surface area is 68.0 Å². The maximum absolute atomic E-state index is 10.7. The van der Waals surface area contributed by atoms with Gasteiger partial charge in [-0.3, -0.25) is 4.79 Å². The molecule has 0 unspecified atom stereocenters. The van der Waals surface area contributed by atoms with Crippen molar-refractivity contribution in [2.24, 2.45) is 0 Å². The van der Waals surface area contributed by atoms with Gasteiger partial charge in [0.15, 0.2) is 0 Å². The Hall–Kier alpha value is -0.530. The zero-order chi connectivity index (χ0) is 9.30. The van der Waals surface area contributed by atoms with Crippen molar-refractivity contribution in [2.75, 3.05) is 6.61 Å². The van der Waals surface area contributed by atoms with E-state index in [4.69, 9.17) is 20.4 Å². The summed E-state index contributed by atoms with van der Waals surface area (Å²) < 4.78 is 4.48. The van der Waals surface area contributed by atoms with Gasteiger partial charge in [0.2, 0.25) is 12.1 Å². The van der Waals surface area contributed by atoms with Gasteiger partial charge in [0.25, 0.3) is 0 Å². The summed E-state index contributed by atoms with van der Waals surface area (Å²) in [5, 5.41) is 35.2. The van der Waals surface area contributed by atoms with Crippen molar-refractivity contribution in [1.29, 1.82) is 0 Å². The number of ether oxygens (including phenoxy) is 1. The molecule has 0 aromatic heterocycles. The van der Waals surface area contributed by atoms with E-state index in [0.29, 0.717) is 0 Å². The molecule has 0 aromatic rings. The van der Waals surface area contributed by atoms with Gasteiger partial charge in [-0.1, -0.05) is 0 Å². The summed E-state index contributed by atoms with van der Waals surface area (Å²) in [6, 6.07) is 0. The topological polar surface area (TPSA) is 107 Å². The van der Waals surface area contributed by atoms with Crippen LogP contribution in [-0.4, -0.2) is 57.4 Å². The Kier molecular flexibility index (Phi) is 2.76. The van der Waals surface area contributed by atoms with E-state index in [-0.39, 0.29) is 0 Å². The number of carbonyl (C=O) groups is 1. The van der Waals surface area contributed by atoms with Gasteiger partial charge < -0.3 is 25.2 Å². The normalized spacial score (nSPS) is 38.7. The van der Waals surface area contributed by atoms with Crippen LogP contribution in [0.25, 0.3) is 0 Å². The number of Topliss-reactive ketones (excluding diaryl/α,β-unsaturated/α-hetero) is 1. The van der Waals surface area contributed by atoms with Crippen LogP contribution in [-0.2, 0) is 9.53 Å². The number of aliphatic hydroxyl groups is 4. The SMILES string of the molecule is O=C1[C@@H](O)O[C@@H]([C@H](O)CO)[C@H]1O. The summed E-state index contributed by atoms with van der Waals surface area (Å²) in [6.07, 6.45) is -5.87. The van der Waals surface area contributed by atoms with E-state index in [9.17, 15) is 4.79 Å². The maximum Gasteiger partial charge on any atom is 0.219 e. The second-order valence-electron chi connectivity index (χ2n) is 2.55. The minimum Gasteiger partial charge on any atom is -0.394 e. The summed E-state index contributed by atoms with van der Waals surface area (Å²) in [4.78, 5) is 10.7. The molecule has 1 aliphatic heterocycles. The third-order valence-corrected chi connectivity index (χ3v) is 1.70. The van der Waals surface area contributed by atoms with Crippen LogP contribution in [0.1, 0.15) is 0 Å². The van der Waals surface area contributed by atoms with Gasteiger partial charge in [0, 0.05) is 0 Å². The fraction of sp³-hybridized carbons (Fsp3) is 0.833. The third-order valence-electron chi connectivity index (χ3n) is 1.70. The second-order valence-corrected chi connectivity index (χ2v) is 2.55. The summed E-state index contributed by atoms with van der Waals surface area (Å²) >= 11 is 0. The standard InChI is InChI=1S/C6H10O6/c7-1-2(8)5-3(9)4(10)6(11)12-5/h2-3,5-9,11H,1H2/t2-,3+,5+,6+/m1/s1. The summed E-state index contributed by atoms with van der Waals surface area (Å²) in [5.74, 6) is -0.896. The second kappa shape index (κ2) is 3.46. The molecule has 4 N–H and O–H groups in total. The van der Waals surface area contributed by atoms with Crippen molar-refractivity contribution in [1.82, 2.24) is 0 Å². The molecule has 0 aromatic carbocycles. The van der Waals surface area contributed by atoms with E-state index < -0.39 is 37.0 Å². The van der Waals surface area contributed by atoms with Gasteiger partial charge in [-0.05, 0) is 0 Å². The fourth-order valence-corrected chi connectivity index (χ4v) is 1.00. The number of hydrogen-bond donors (Lipinski definition) is 4. The summed E-state index contributed by atoms with van der Waals surface area (Å²) in [7, 11) is 0. The van der Waals surface area contributed by atoms with E-state index in [1.165, 1.54) is 0 Å². The van der Waals surface area contributed by atoms with Crippen molar-refractivity contribution in [3.63, 3.8) is 0 Å². The monoisotopic (exact) mass is 178 g/mol. The van der Waals surface area contributed by atoms with Crippen molar-refractivity contribution in [3.8, 4) is 0 Å². The van der Waals surface area contributed by atoms with Crippen LogP contribution in [0, 0.1) is 0 Å². The Balaban J connectivity index is 2.64. The van der Waals surface area contributed by atoms with E-state index in [1.54, 1.807) is 0 Å². The van der Waals surface area contributed by atoms with Gasteiger partial charge in [-0.25, -0.2) is 0 Å². The van der Waals surface area contributed by atoms with Crippen LogP contribution in [0.5, 0.6) is 0 Å². The van der Waals surface area contributed by atoms with Crippen LogP contribution >= 0.6 is 0 Å². The van der Waals surface area contributed by atoms with Crippen molar-refractivity contribution in [2.45, 2.75) is 24.6 Å². The molecule has 0 spiro atoms. The van der Waals surface area contributed by atoms with Gasteiger partial charge in [0.1, 0.15) is 18.3 Å². The van der Waals surface area contributed by atoms with Crippen molar-refractivity contribution in [3.05, 3.63) is 0 Å². The summed E-state index contributed by atoms with van der Waals surface area (Å²) in [5.41, 5.74) is 0. The first-order chi connectivity index (χ1) is 5.57. The molecule has 1 saturated heterocycles. The molecule has 0 aliphatic carbocycles. The first kappa shape index (κ1) is 9.56. The highest BCUT2D eigenvalue weighted by Gasteiger charge is 2.44. The van der Waals surface area contributed by atoms with E-state index in [1.807, 2.05) is 0 Å². The smallest absolute Gasteiger partial charge is 0.219 e. The molecular formula is C6H10O6. The molecular weight excluding hydrogens is 168 g/mol. The molecule has 6 heteroatoms. The molecule has 1 fully saturated rings. The molecule has 6 nitrogen and oxygen atoms in total. The lowest BCUT2D eigenvalue weighted by atomic mass is 10.1. The zero-order valence-electron chi connectivity index (χ0n) is 6.12. The molecule has 1 aliphatic rings. The van der Waals surface area contributed by atoms with Crippen LogP contribution < -0.4 is 0 Å². The lowest BCUT2D eigenvalue weighted by molar-refractivity contribution is -0.151. The average molecular weight is 178 g/mol. The molecule has 70 valence electrons. The van der Waals surface area contributed by atoms with Crippen LogP contribution in [0.2, 0.25) is 0 Å². The molecule has 12 heavy (non-hydrogen) atoms. The Morgan fingerprint density at radius 2 is 2.08 bits per heavy atom. The molecule has 0 bridgehead atoms. The molecule has 0 saturated carbocycles. The fourth-order valence-electron chi connectivity index (χ4n) is 1.00. The van der Waals surface area contributed by atoms with Gasteiger partial charge in [-0.15, -0.1) is 0 Å². The Morgan fingerprint density at radius 3 is 2.42 bits per heavy atom. The lowest BCUT2D eigenvalue weighted by Crippen LogP contribution is -2.38. The Morgan fingerprint density at radius 1 is 1.50 bits per heavy atom. The number of carbonyl (C=O) groups excluding carboxylic acids is 1. The van der Waals surface area contributed by atoms with Crippen LogP contribution in [0.4, 0.5) is 0 Å². The molecule has 1 rings (SSSR count). The Bertz CT molecular complexity index is 181. The van der Waals surface area contributed by atoms with Crippen LogP contribution in [0.3, 0.4) is 0 Å². The quantitative estimate of drug-likeness (QED) is 0.358. The number of rotatable bonds is 2. The number of hydrogen-bond acceptors (Lipinski definition) is 6. The zero-order valence-corrected chi connectivity index (χ0v) is 6.12. The van der Waals surface area contributed by atoms with Crippen molar-refractivity contribution >= 4 is 5.78 Å². The first-order valence-corrected chi connectivity index (χ1v) is 3.42. The molecule has 4 atom stereocenters. The third kappa shape index (κ3) is 1.47. The largest absolute Gasteiger partial charge is 0.394 e. The number of aliphatic hydroxyl groups excluding tert-OH is 4.